The van der Waals surface area contributed by atoms with Crippen LogP contribution in [0.5, 0.6) is 0 Å². The summed E-state index contributed by atoms with van der Waals surface area (Å²) < 4.78 is 0. The summed E-state index contributed by atoms with van der Waals surface area (Å²) in [5.74, 6) is -1.85. The number of thiophene rings is 1. The summed E-state index contributed by atoms with van der Waals surface area (Å²) in [6.07, 6.45) is 1.54. The van der Waals surface area contributed by atoms with Gasteiger partial charge in [0.05, 0.1) is 0 Å². The first-order chi connectivity index (χ1) is 8.47. The van der Waals surface area contributed by atoms with Gasteiger partial charge in [-0.1, -0.05) is 0 Å². The Morgan fingerprint density at radius 3 is 2.78 bits per heavy atom. The molecule has 1 aliphatic heterocycles. The molecule has 18 heavy (non-hydrogen) atoms. The van der Waals surface area contributed by atoms with Crippen molar-refractivity contribution in [3.8, 4) is 0 Å². The highest BCUT2D eigenvalue weighted by Gasteiger charge is 2.34. The minimum atomic E-state index is -1.23. The number of aliphatic carboxylic acids is 1. The lowest BCUT2D eigenvalue weighted by Crippen LogP contribution is -2.35. The van der Waals surface area contributed by atoms with Crippen molar-refractivity contribution in [1.29, 1.82) is 0 Å². The van der Waals surface area contributed by atoms with E-state index in [-0.39, 0.29) is 5.70 Å². The Hall–Kier alpha value is -2.15. The molecular formula is C11H10N2O4S. The van der Waals surface area contributed by atoms with E-state index in [4.69, 9.17) is 5.11 Å². The lowest BCUT2D eigenvalue weighted by Gasteiger charge is -2.06. The zero-order chi connectivity index (χ0) is 13.3. The highest BCUT2D eigenvalue weighted by Crippen LogP contribution is 2.20. The van der Waals surface area contributed by atoms with Crippen LogP contribution in [0.4, 0.5) is 4.79 Å². The number of hydrogen-bond acceptors (Lipinski definition) is 4. The molecule has 0 radical (unpaired) electrons. The van der Waals surface area contributed by atoms with Crippen molar-refractivity contribution >= 4 is 35.3 Å². The average molecular weight is 266 g/mol. The Morgan fingerprint density at radius 1 is 1.50 bits per heavy atom. The quantitative estimate of drug-likeness (QED) is 0.632. The number of nitrogens with one attached hydrogen (secondary N) is 1. The maximum Gasteiger partial charge on any atom is 0.329 e. The van der Waals surface area contributed by atoms with Crippen molar-refractivity contribution in [3.05, 3.63) is 27.6 Å². The zero-order valence-corrected chi connectivity index (χ0v) is 10.3. The van der Waals surface area contributed by atoms with Gasteiger partial charge in [0.15, 0.2) is 0 Å². The minimum absolute atomic E-state index is 0.100. The van der Waals surface area contributed by atoms with Gasteiger partial charge in [0, 0.05) is 9.75 Å². The van der Waals surface area contributed by atoms with E-state index in [0.717, 1.165) is 9.75 Å². The number of nitrogens with zero attached hydrogens (tertiary/aromatic N) is 1. The van der Waals surface area contributed by atoms with Gasteiger partial charge in [0.1, 0.15) is 12.2 Å². The first kappa shape index (κ1) is 12.3. The fraction of sp³-hybridized carbons (Fsp3) is 0.182. The molecule has 1 aromatic heterocycles. The van der Waals surface area contributed by atoms with Crippen molar-refractivity contribution < 1.29 is 19.5 Å². The number of amides is 3. The molecule has 94 valence electrons. The number of rotatable bonds is 3. The molecule has 2 rings (SSSR count). The standard InChI is InChI=1S/C11H10N2O4S/c1-6-2-3-7(18-6)4-8-10(16)13(5-9(14)15)11(17)12-8/h2-4H,5H2,1H3,(H,12,17)(H,14,15)/b8-4+. The first-order valence-electron chi connectivity index (χ1n) is 5.10. The number of aryl methyl sites for hydroxylation is 1. The van der Waals surface area contributed by atoms with Crippen LogP contribution in [-0.2, 0) is 9.59 Å². The van der Waals surface area contributed by atoms with Crippen molar-refractivity contribution in [1.82, 2.24) is 10.2 Å². The van der Waals surface area contributed by atoms with Crippen LogP contribution in [0.15, 0.2) is 17.8 Å². The number of carbonyl (C=O) groups excluding carboxylic acids is 2. The molecule has 3 amide bonds. The van der Waals surface area contributed by atoms with E-state index in [2.05, 4.69) is 5.32 Å². The number of urea groups is 1. The van der Waals surface area contributed by atoms with Crippen LogP contribution in [0.1, 0.15) is 9.75 Å². The molecule has 6 nitrogen and oxygen atoms in total. The molecule has 1 fully saturated rings. The molecule has 0 aromatic carbocycles. The predicted molar refractivity (Wildman–Crippen MR) is 64.9 cm³/mol. The van der Waals surface area contributed by atoms with E-state index < -0.39 is 24.5 Å². The van der Waals surface area contributed by atoms with Crippen LogP contribution in [0, 0.1) is 6.92 Å². The Kier molecular flexibility index (Phi) is 3.15. The largest absolute Gasteiger partial charge is 0.480 e. The summed E-state index contributed by atoms with van der Waals surface area (Å²) >= 11 is 1.48. The monoisotopic (exact) mass is 266 g/mol. The molecule has 0 atom stereocenters. The molecule has 1 aromatic rings. The Bertz CT molecular complexity index is 561. The van der Waals surface area contributed by atoms with Gasteiger partial charge in [0.25, 0.3) is 5.91 Å². The molecule has 1 saturated heterocycles. The maximum atomic E-state index is 11.8. The summed E-state index contributed by atoms with van der Waals surface area (Å²) in [4.78, 5) is 36.3. The third kappa shape index (κ3) is 2.40. The van der Waals surface area contributed by atoms with Gasteiger partial charge in [-0.15, -0.1) is 11.3 Å². The van der Waals surface area contributed by atoms with E-state index in [1.54, 1.807) is 6.08 Å². The molecule has 0 bridgehead atoms. The number of carbonyl (C=O) groups is 3. The number of imide groups is 1. The SMILES string of the molecule is Cc1ccc(/C=C2/NC(=O)N(CC(=O)O)C2=O)s1. The van der Waals surface area contributed by atoms with Gasteiger partial charge in [0.2, 0.25) is 0 Å². The minimum Gasteiger partial charge on any atom is -0.480 e. The van der Waals surface area contributed by atoms with Crippen molar-refractivity contribution in [2.24, 2.45) is 0 Å². The third-order valence-corrected chi connectivity index (χ3v) is 3.25. The van der Waals surface area contributed by atoms with Crippen LogP contribution in [0.3, 0.4) is 0 Å². The first-order valence-corrected chi connectivity index (χ1v) is 5.92. The van der Waals surface area contributed by atoms with Crippen LogP contribution in [0.25, 0.3) is 6.08 Å². The number of carboxylic acid groups (broad SMARTS) is 1. The number of hydrogen-bond donors (Lipinski definition) is 2. The molecular weight excluding hydrogens is 256 g/mol. The van der Waals surface area contributed by atoms with E-state index in [9.17, 15) is 14.4 Å². The summed E-state index contributed by atoms with van der Waals surface area (Å²) in [6, 6.07) is 3.02. The summed E-state index contributed by atoms with van der Waals surface area (Å²) in [5, 5.41) is 11.0. The van der Waals surface area contributed by atoms with Gasteiger partial charge in [-0.05, 0) is 25.1 Å². The fourth-order valence-electron chi connectivity index (χ4n) is 1.52. The summed E-state index contributed by atoms with van der Waals surface area (Å²) in [6.45, 7) is 1.30. The van der Waals surface area contributed by atoms with Gasteiger partial charge in [-0.3, -0.25) is 9.59 Å². The van der Waals surface area contributed by atoms with Gasteiger partial charge < -0.3 is 10.4 Å². The predicted octanol–water partition coefficient (Wildman–Crippen LogP) is 1.03. The zero-order valence-electron chi connectivity index (χ0n) is 9.47. The Morgan fingerprint density at radius 2 is 2.22 bits per heavy atom. The third-order valence-electron chi connectivity index (χ3n) is 2.30. The smallest absolute Gasteiger partial charge is 0.329 e. The highest BCUT2D eigenvalue weighted by atomic mass is 32.1. The second kappa shape index (κ2) is 4.61. The molecule has 0 saturated carbocycles. The normalized spacial score (nSPS) is 17.4. The topological polar surface area (TPSA) is 86.7 Å². The van der Waals surface area contributed by atoms with Gasteiger partial charge in [-0.2, -0.15) is 0 Å². The molecule has 1 aliphatic rings. The molecule has 0 spiro atoms. The molecule has 2 N–H and O–H groups in total. The lowest BCUT2D eigenvalue weighted by atomic mass is 10.3. The Balaban J connectivity index is 2.22. The van der Waals surface area contributed by atoms with Crippen LogP contribution >= 0.6 is 11.3 Å². The van der Waals surface area contributed by atoms with E-state index in [1.165, 1.54) is 11.3 Å². The van der Waals surface area contributed by atoms with Crippen molar-refractivity contribution in [2.75, 3.05) is 6.54 Å². The molecule has 0 aliphatic carbocycles. The van der Waals surface area contributed by atoms with E-state index in [0.29, 0.717) is 4.90 Å². The molecule has 7 heteroatoms. The number of carboxylic acids is 1. The van der Waals surface area contributed by atoms with E-state index in [1.807, 2.05) is 19.1 Å². The second-order valence-electron chi connectivity index (χ2n) is 3.72. The molecule has 0 unspecified atom stereocenters. The lowest BCUT2D eigenvalue weighted by molar-refractivity contribution is -0.140. The van der Waals surface area contributed by atoms with Crippen LogP contribution < -0.4 is 5.32 Å². The summed E-state index contributed by atoms with van der Waals surface area (Å²) in [7, 11) is 0. The highest BCUT2D eigenvalue weighted by molar-refractivity contribution is 7.12. The van der Waals surface area contributed by atoms with Gasteiger partial charge in [-0.25, -0.2) is 9.69 Å². The summed E-state index contributed by atoms with van der Waals surface area (Å²) in [5.41, 5.74) is 0.100. The fourth-order valence-corrected chi connectivity index (χ4v) is 2.34. The molecule has 2 heterocycles. The maximum absolute atomic E-state index is 11.8. The Labute approximate surface area is 107 Å². The second-order valence-corrected chi connectivity index (χ2v) is 5.04. The van der Waals surface area contributed by atoms with Crippen molar-refractivity contribution in [2.45, 2.75) is 6.92 Å². The van der Waals surface area contributed by atoms with Crippen LogP contribution in [-0.4, -0.2) is 34.5 Å². The van der Waals surface area contributed by atoms with Gasteiger partial charge >= 0.3 is 12.0 Å². The van der Waals surface area contributed by atoms with E-state index >= 15 is 0 Å². The average Bonchev–Trinajstić information content (AvgIpc) is 2.78. The van der Waals surface area contributed by atoms with Crippen molar-refractivity contribution in [3.63, 3.8) is 0 Å². The van der Waals surface area contributed by atoms with Crippen LogP contribution in [0.2, 0.25) is 0 Å².